The highest BCUT2D eigenvalue weighted by molar-refractivity contribution is 6.22. The van der Waals surface area contributed by atoms with Gasteiger partial charge in [-0.2, -0.15) is 5.01 Å². The third-order valence-electron chi connectivity index (χ3n) is 13.7. The summed E-state index contributed by atoms with van der Waals surface area (Å²) < 4.78 is 10.9. The lowest BCUT2D eigenvalue weighted by Crippen LogP contribution is -2.53. The number of hydrogen-bond donors (Lipinski definition) is 2. The van der Waals surface area contributed by atoms with E-state index in [1.807, 2.05) is 146 Å². The molecular weight excluding hydrogens is 791 g/mol. The number of hydrogen-bond acceptors (Lipinski definition) is 8. The number of aryl methyl sites for hydroxylation is 1. The molecule has 1 saturated carbocycles. The molecule has 2 heterocycles. The minimum Gasteiger partial charge on any atom is -0.507 e. The van der Waals surface area contributed by atoms with Crippen LogP contribution in [0.4, 0.5) is 11.4 Å². The van der Waals surface area contributed by atoms with E-state index < -0.39 is 46.8 Å². The Morgan fingerprint density at radius 3 is 2.24 bits per heavy atom. The Bertz CT molecular complexity index is 2890. The molecule has 2 aliphatic heterocycles. The molecule has 2 N–H and O–H groups in total. The van der Waals surface area contributed by atoms with Crippen LogP contribution in [0.25, 0.3) is 22.9 Å². The van der Waals surface area contributed by atoms with E-state index in [2.05, 4.69) is 5.43 Å². The molecule has 0 aromatic heterocycles. The van der Waals surface area contributed by atoms with Crippen molar-refractivity contribution in [3.63, 3.8) is 0 Å². The van der Waals surface area contributed by atoms with Gasteiger partial charge in [-0.25, -0.2) is 0 Å². The number of methoxy groups -OCH3 is 2. The Morgan fingerprint density at radius 1 is 0.746 bits per heavy atom. The molecule has 2 aliphatic carbocycles. The summed E-state index contributed by atoms with van der Waals surface area (Å²) in [5.74, 6) is -3.99. The zero-order valence-corrected chi connectivity index (χ0v) is 35.0. The number of fused-ring (bicyclic) bond motifs is 5. The van der Waals surface area contributed by atoms with E-state index in [1.54, 1.807) is 26.4 Å². The number of nitrogens with one attached hydrogen (secondary N) is 1. The highest BCUT2D eigenvalue weighted by atomic mass is 16.5. The van der Waals surface area contributed by atoms with Gasteiger partial charge in [-0.1, -0.05) is 120 Å². The number of carbonyl (C=O) groups excluding carboxylic acids is 4. The second-order valence-corrected chi connectivity index (χ2v) is 16.9. The average molecular weight is 836 g/mol. The lowest BCUT2D eigenvalue weighted by Gasteiger charge is -2.50. The van der Waals surface area contributed by atoms with Crippen LogP contribution in [0.2, 0.25) is 0 Å². The van der Waals surface area contributed by atoms with Gasteiger partial charge in [0.05, 0.1) is 48.8 Å². The third kappa shape index (κ3) is 6.22. The molecule has 10 nitrogen and oxygen atoms in total. The Balaban J connectivity index is 1.06. The SMILES string of the molecule is COc1ccc(OC)c(C=Cc2ccc(N3C(=O)[C@H]4[C@H](CC=C5[C@H]4C[C@H]4C(=O)N(Nc6ccc(C)cc6)C(=O)[C@@]4(c4ccccc4)[C@H]5c4ccc5ccccc5c4O)C3=O)cc2)c1. The minimum absolute atomic E-state index is 0.00968. The number of allylic oxidation sites excluding steroid dienone is 2. The molecule has 0 bridgehead atoms. The quantitative estimate of drug-likeness (QED) is 0.0840. The van der Waals surface area contributed by atoms with E-state index >= 15 is 9.59 Å². The van der Waals surface area contributed by atoms with Crippen molar-refractivity contribution in [2.45, 2.75) is 31.1 Å². The van der Waals surface area contributed by atoms with Gasteiger partial charge in [0.1, 0.15) is 17.2 Å². The number of imide groups is 2. The summed E-state index contributed by atoms with van der Waals surface area (Å²) in [6, 6.07) is 40.9. The topological polar surface area (TPSA) is 125 Å². The van der Waals surface area contributed by atoms with Crippen LogP contribution in [-0.2, 0) is 24.6 Å². The van der Waals surface area contributed by atoms with E-state index in [0.717, 1.165) is 32.7 Å². The molecule has 10 rings (SSSR count). The number of amides is 4. The smallest absolute Gasteiger partial charge is 0.260 e. The van der Waals surface area contributed by atoms with Crippen LogP contribution in [0, 0.1) is 30.6 Å². The molecule has 2 saturated heterocycles. The summed E-state index contributed by atoms with van der Waals surface area (Å²) in [5, 5.41) is 14.9. The van der Waals surface area contributed by atoms with E-state index in [0.29, 0.717) is 39.4 Å². The van der Waals surface area contributed by atoms with E-state index in [-0.39, 0.29) is 30.4 Å². The number of hydrazine groups is 1. The first kappa shape index (κ1) is 39.7. The van der Waals surface area contributed by atoms with E-state index in [1.165, 1.54) is 4.90 Å². The van der Waals surface area contributed by atoms with Gasteiger partial charge in [-0.3, -0.25) is 29.5 Å². The van der Waals surface area contributed by atoms with Gasteiger partial charge in [0.25, 0.3) is 11.8 Å². The summed E-state index contributed by atoms with van der Waals surface area (Å²) in [7, 11) is 3.22. The fourth-order valence-corrected chi connectivity index (χ4v) is 10.7. The Kier molecular flexibility index (Phi) is 9.74. The van der Waals surface area contributed by atoms with Gasteiger partial charge in [0, 0.05) is 22.4 Å². The second-order valence-electron chi connectivity index (χ2n) is 16.9. The summed E-state index contributed by atoms with van der Waals surface area (Å²) in [4.78, 5) is 61.4. The number of rotatable bonds is 9. The van der Waals surface area contributed by atoms with Crippen LogP contribution in [0.1, 0.15) is 46.6 Å². The molecule has 10 heteroatoms. The number of phenols is 1. The lowest BCUT2D eigenvalue weighted by molar-refractivity contribution is -0.138. The van der Waals surface area contributed by atoms with Crippen LogP contribution in [-0.4, -0.2) is 48.0 Å². The van der Waals surface area contributed by atoms with Crippen molar-refractivity contribution >= 4 is 57.9 Å². The highest BCUT2D eigenvalue weighted by Crippen LogP contribution is 2.65. The number of anilines is 2. The summed E-state index contributed by atoms with van der Waals surface area (Å²) in [5.41, 5.74) is 7.26. The van der Waals surface area contributed by atoms with Gasteiger partial charge in [-0.15, -0.1) is 0 Å². The van der Waals surface area contributed by atoms with Crippen molar-refractivity contribution in [3.8, 4) is 17.2 Å². The van der Waals surface area contributed by atoms with Crippen LogP contribution >= 0.6 is 0 Å². The van der Waals surface area contributed by atoms with Gasteiger partial charge in [0.15, 0.2) is 0 Å². The number of phenolic OH excluding ortho intramolecular Hbond substituents is 1. The zero-order chi connectivity index (χ0) is 43.6. The number of carbonyl (C=O) groups is 4. The number of aromatic hydroxyl groups is 1. The van der Waals surface area contributed by atoms with E-state index in [9.17, 15) is 14.7 Å². The Morgan fingerprint density at radius 2 is 1.49 bits per heavy atom. The van der Waals surface area contributed by atoms with Crippen LogP contribution in [0.15, 0.2) is 145 Å². The first-order chi connectivity index (χ1) is 30.6. The monoisotopic (exact) mass is 835 g/mol. The van der Waals surface area contributed by atoms with Crippen molar-refractivity contribution in [2.75, 3.05) is 24.5 Å². The van der Waals surface area contributed by atoms with Crippen molar-refractivity contribution in [3.05, 3.63) is 173 Å². The fraction of sp³-hybridized carbons (Fsp3) is 0.208. The number of ether oxygens (including phenoxy) is 2. The van der Waals surface area contributed by atoms with Crippen molar-refractivity contribution in [1.29, 1.82) is 0 Å². The van der Waals surface area contributed by atoms with Crippen molar-refractivity contribution in [1.82, 2.24) is 5.01 Å². The predicted molar refractivity (Wildman–Crippen MR) is 242 cm³/mol. The van der Waals surface area contributed by atoms with Crippen molar-refractivity contribution in [2.24, 2.45) is 23.7 Å². The molecular formula is C53H45N3O7. The predicted octanol–water partition coefficient (Wildman–Crippen LogP) is 9.23. The molecule has 63 heavy (non-hydrogen) atoms. The van der Waals surface area contributed by atoms with Crippen LogP contribution < -0.4 is 19.8 Å². The van der Waals surface area contributed by atoms with Gasteiger partial charge < -0.3 is 14.6 Å². The maximum Gasteiger partial charge on any atom is 0.260 e. The maximum absolute atomic E-state index is 15.6. The molecule has 6 atom stereocenters. The van der Waals surface area contributed by atoms with Gasteiger partial charge >= 0.3 is 0 Å². The lowest BCUT2D eigenvalue weighted by atomic mass is 9.49. The molecule has 0 spiro atoms. The molecule has 3 fully saturated rings. The molecule has 4 amide bonds. The van der Waals surface area contributed by atoms with Crippen LogP contribution in [0.3, 0.4) is 0 Å². The first-order valence-electron chi connectivity index (χ1n) is 21.2. The Hall–Kier alpha value is -7.46. The summed E-state index contributed by atoms with van der Waals surface area (Å²) in [6.45, 7) is 1.96. The Labute approximate surface area is 365 Å². The minimum atomic E-state index is -1.51. The normalized spacial score (nSPS) is 24.0. The second kappa shape index (κ2) is 15.5. The fourth-order valence-electron chi connectivity index (χ4n) is 10.7. The van der Waals surface area contributed by atoms with Crippen molar-refractivity contribution < 1.29 is 33.8 Å². The largest absolute Gasteiger partial charge is 0.507 e. The zero-order valence-electron chi connectivity index (χ0n) is 35.0. The average Bonchev–Trinajstić information content (AvgIpc) is 3.70. The first-order valence-corrected chi connectivity index (χ1v) is 21.2. The third-order valence-corrected chi connectivity index (χ3v) is 13.7. The summed E-state index contributed by atoms with van der Waals surface area (Å²) in [6.07, 6.45) is 6.25. The standard InChI is InChI=1S/C53H45N3O7/c1-31-13-20-36(21-14-31)54-56-50(59)44-30-43-40(47(53(44,52(56)61)35-10-5-4-6-11-35)42-25-19-33-9-7-8-12-39(33)48(42)57)26-27-41-46(43)51(60)55(49(41)58)37-22-16-32(17-23-37)15-18-34-29-38(62-2)24-28-45(34)63-3/h4-26,28-29,41,43-44,46-47,54,57H,27,30H2,1-3H3/t41-,43+,44-,46-,47+,53+/m0/s1. The molecule has 314 valence electrons. The number of nitrogens with zero attached hydrogens (tertiary/aromatic N) is 2. The highest BCUT2D eigenvalue weighted by Gasteiger charge is 2.70. The molecule has 0 unspecified atom stereocenters. The molecule has 6 aromatic carbocycles. The molecule has 4 aliphatic rings. The van der Waals surface area contributed by atoms with Gasteiger partial charge in [-0.05, 0) is 84.7 Å². The summed E-state index contributed by atoms with van der Waals surface area (Å²) >= 11 is 0. The van der Waals surface area contributed by atoms with Gasteiger partial charge in [0.2, 0.25) is 11.8 Å². The maximum atomic E-state index is 15.6. The van der Waals surface area contributed by atoms with Crippen LogP contribution in [0.5, 0.6) is 17.2 Å². The van der Waals surface area contributed by atoms with E-state index in [4.69, 9.17) is 9.47 Å². The number of benzene rings is 6. The molecule has 0 radical (unpaired) electrons. The molecule has 6 aromatic rings.